The maximum Gasteiger partial charge on any atom is 0.194 e. The number of methoxy groups -OCH3 is 1. The zero-order chi connectivity index (χ0) is 31.1. The summed E-state index contributed by atoms with van der Waals surface area (Å²) in [5, 5.41) is 40.3. The van der Waals surface area contributed by atoms with E-state index in [9.17, 15) is 36.9 Å². The summed E-state index contributed by atoms with van der Waals surface area (Å²) >= 11 is 1.12. The molecule has 0 bridgehead atoms. The number of aliphatic hydroxyl groups excluding tert-OH is 2. The molecule has 2 aromatic heterocycles. The summed E-state index contributed by atoms with van der Waals surface area (Å²) in [6.07, 6.45) is -0.736. The van der Waals surface area contributed by atoms with Crippen molar-refractivity contribution < 1.29 is 46.4 Å². The van der Waals surface area contributed by atoms with Crippen LogP contribution in [0.2, 0.25) is 0 Å². The van der Waals surface area contributed by atoms with Crippen molar-refractivity contribution in [2.75, 3.05) is 25.2 Å². The highest BCUT2D eigenvalue weighted by molar-refractivity contribution is 8.00. The Balaban J connectivity index is 1.51. The third-order valence-corrected chi connectivity index (χ3v) is 11.2. The van der Waals surface area contributed by atoms with E-state index >= 15 is 0 Å². The minimum absolute atomic E-state index is 0.0178. The Morgan fingerprint density at radius 2 is 1.91 bits per heavy atom. The fourth-order valence-corrected chi connectivity index (χ4v) is 8.79. The first-order valence-corrected chi connectivity index (χ1v) is 16.2. The topological polar surface area (TPSA) is 157 Å². The van der Waals surface area contributed by atoms with Gasteiger partial charge >= 0.3 is 0 Å². The number of ether oxygens (including phenoxy) is 2. The van der Waals surface area contributed by atoms with Crippen LogP contribution in [-0.4, -0.2) is 98.3 Å². The Morgan fingerprint density at radius 3 is 2.51 bits per heavy atom. The van der Waals surface area contributed by atoms with E-state index in [1.165, 1.54) is 18.0 Å². The lowest BCUT2D eigenvalue weighted by molar-refractivity contribution is -0.186. The monoisotopic (exact) mass is 644 g/mol. The second-order valence-corrected chi connectivity index (χ2v) is 14.2. The number of aliphatic hydroxyl groups is 3. The highest BCUT2D eigenvalue weighted by Gasteiger charge is 2.51. The third-order valence-electron chi connectivity index (χ3n) is 7.94. The van der Waals surface area contributed by atoms with Gasteiger partial charge in [-0.3, -0.25) is 4.98 Å². The van der Waals surface area contributed by atoms with E-state index in [1.807, 2.05) is 13.0 Å². The van der Waals surface area contributed by atoms with Crippen LogP contribution >= 0.6 is 11.8 Å². The Bertz CT molecular complexity index is 1540. The Morgan fingerprint density at radius 1 is 1.23 bits per heavy atom. The minimum atomic E-state index is -3.32. The van der Waals surface area contributed by atoms with Crippen LogP contribution in [0.15, 0.2) is 36.7 Å². The molecule has 2 fully saturated rings. The first-order chi connectivity index (χ1) is 20.4. The van der Waals surface area contributed by atoms with Crippen LogP contribution in [0.1, 0.15) is 35.4 Å². The lowest BCUT2D eigenvalue weighted by Crippen LogP contribution is -2.56. The molecule has 5 rings (SSSR count). The molecule has 2 saturated heterocycles. The SMILES string of the molecule is CO[C@@H]1[C@@H](n2cc(-c3cc(F)c(F)c(F)c3)nn2)[C@@H](O)[C@@H](CO)O[C@H]1S[C@H](c1ncccc1C)C1(O)CCS(=O)(=O)CC1. The molecule has 0 spiro atoms. The molecule has 0 amide bonds. The van der Waals surface area contributed by atoms with Crippen LogP contribution in [0.25, 0.3) is 11.3 Å². The highest BCUT2D eigenvalue weighted by Crippen LogP contribution is 2.50. The van der Waals surface area contributed by atoms with E-state index in [2.05, 4.69) is 15.3 Å². The van der Waals surface area contributed by atoms with E-state index in [1.54, 1.807) is 12.3 Å². The summed E-state index contributed by atoms with van der Waals surface area (Å²) in [5.74, 6) is -4.87. The number of nitrogens with zero attached hydrogens (tertiary/aromatic N) is 4. The molecule has 11 nitrogen and oxygen atoms in total. The Kier molecular flexibility index (Phi) is 9.19. The Hall–Kier alpha value is -2.60. The number of aryl methyl sites for hydroxylation is 1. The summed E-state index contributed by atoms with van der Waals surface area (Å²) in [7, 11) is -1.95. The molecule has 234 valence electrons. The predicted molar refractivity (Wildman–Crippen MR) is 149 cm³/mol. The van der Waals surface area contributed by atoms with Gasteiger partial charge in [0.1, 0.15) is 35.5 Å². The van der Waals surface area contributed by atoms with Gasteiger partial charge in [-0.1, -0.05) is 11.3 Å². The van der Waals surface area contributed by atoms with Crippen molar-refractivity contribution in [3.8, 4) is 11.3 Å². The maximum absolute atomic E-state index is 13.9. The van der Waals surface area contributed by atoms with Crippen molar-refractivity contribution in [3.63, 3.8) is 0 Å². The summed E-state index contributed by atoms with van der Waals surface area (Å²) in [5.41, 5.74) is -1.30. The molecule has 4 heterocycles. The van der Waals surface area contributed by atoms with Crippen molar-refractivity contribution in [1.29, 1.82) is 0 Å². The van der Waals surface area contributed by atoms with Crippen LogP contribution in [0.5, 0.6) is 0 Å². The number of benzene rings is 1. The van der Waals surface area contributed by atoms with Gasteiger partial charge in [-0.2, -0.15) is 0 Å². The number of hydrogen-bond donors (Lipinski definition) is 3. The van der Waals surface area contributed by atoms with E-state index in [0.29, 0.717) is 5.69 Å². The van der Waals surface area contributed by atoms with Crippen molar-refractivity contribution in [2.45, 2.75) is 60.4 Å². The number of thioether (sulfide) groups is 1. The molecule has 0 radical (unpaired) electrons. The third kappa shape index (κ3) is 6.32. The largest absolute Gasteiger partial charge is 0.394 e. The van der Waals surface area contributed by atoms with E-state index in [-0.39, 0.29) is 35.6 Å². The maximum atomic E-state index is 13.9. The van der Waals surface area contributed by atoms with Gasteiger partial charge in [0.15, 0.2) is 27.3 Å². The van der Waals surface area contributed by atoms with E-state index in [4.69, 9.17) is 9.47 Å². The predicted octanol–water partition coefficient (Wildman–Crippen LogP) is 2.11. The normalized spacial score (nSPS) is 27.6. The summed E-state index contributed by atoms with van der Waals surface area (Å²) in [4.78, 5) is 4.50. The average Bonchev–Trinajstić information content (AvgIpc) is 3.46. The van der Waals surface area contributed by atoms with Gasteiger partial charge in [0.05, 0.1) is 40.9 Å². The summed E-state index contributed by atoms with van der Waals surface area (Å²) in [6, 6.07) is 4.04. The number of pyridine rings is 1. The molecule has 0 unspecified atom stereocenters. The molecule has 43 heavy (non-hydrogen) atoms. The Labute approximate surface area is 250 Å². The van der Waals surface area contributed by atoms with Crippen molar-refractivity contribution in [1.82, 2.24) is 20.0 Å². The smallest absolute Gasteiger partial charge is 0.194 e. The van der Waals surface area contributed by atoms with Gasteiger partial charge in [-0.05, 0) is 43.5 Å². The molecule has 0 aliphatic carbocycles. The number of aromatic nitrogens is 4. The van der Waals surface area contributed by atoms with Crippen LogP contribution in [0.4, 0.5) is 13.2 Å². The average molecular weight is 645 g/mol. The van der Waals surface area contributed by atoms with Crippen LogP contribution in [0, 0.1) is 24.4 Å². The van der Waals surface area contributed by atoms with Crippen LogP contribution < -0.4 is 0 Å². The molecule has 1 aromatic carbocycles. The number of hydrogen-bond acceptors (Lipinski definition) is 11. The van der Waals surface area contributed by atoms with Gasteiger partial charge < -0.3 is 24.8 Å². The molecule has 16 heteroatoms. The summed E-state index contributed by atoms with van der Waals surface area (Å²) in [6.45, 7) is 1.21. The number of rotatable bonds is 8. The van der Waals surface area contributed by atoms with E-state index in [0.717, 1.165) is 29.5 Å². The molecule has 6 atom stereocenters. The minimum Gasteiger partial charge on any atom is -0.394 e. The lowest BCUT2D eigenvalue weighted by atomic mass is 9.89. The first-order valence-electron chi connectivity index (χ1n) is 13.4. The zero-order valence-electron chi connectivity index (χ0n) is 23.2. The van der Waals surface area contributed by atoms with Gasteiger partial charge in [0.25, 0.3) is 0 Å². The van der Waals surface area contributed by atoms with Crippen LogP contribution in [-0.2, 0) is 19.3 Å². The van der Waals surface area contributed by atoms with Gasteiger partial charge in [-0.15, -0.1) is 16.9 Å². The fraction of sp³-hybridized carbons (Fsp3) is 0.519. The molecular formula is C27H31F3N4O7S2. The van der Waals surface area contributed by atoms with Crippen molar-refractivity contribution >= 4 is 21.6 Å². The van der Waals surface area contributed by atoms with E-state index < -0.39 is 74.5 Å². The molecule has 2 aliphatic heterocycles. The van der Waals surface area contributed by atoms with Crippen LogP contribution in [0.3, 0.4) is 0 Å². The quantitative estimate of drug-likeness (QED) is 0.309. The van der Waals surface area contributed by atoms with Gasteiger partial charge in [0.2, 0.25) is 0 Å². The number of halogens is 3. The molecular weight excluding hydrogens is 613 g/mol. The lowest BCUT2D eigenvalue weighted by Gasteiger charge is -2.46. The zero-order valence-corrected chi connectivity index (χ0v) is 24.8. The molecule has 0 saturated carbocycles. The summed E-state index contributed by atoms with van der Waals surface area (Å²) < 4.78 is 78.8. The van der Waals surface area contributed by atoms with Crippen molar-refractivity contribution in [2.24, 2.45) is 0 Å². The highest BCUT2D eigenvalue weighted by atomic mass is 32.2. The molecule has 3 aromatic rings. The van der Waals surface area contributed by atoms with Gasteiger partial charge in [-0.25, -0.2) is 26.3 Å². The molecule has 3 N–H and O–H groups in total. The number of sulfone groups is 1. The second kappa shape index (κ2) is 12.4. The standard InChI is InChI=1S/C27H31F3N4O7S2/c1-14-4-3-7-31-21(14)25(27(37)5-8-43(38,39)9-6-27)42-26-24(40-2)22(23(36)19(13-35)41-26)34-12-18(32-33-34)15-10-16(28)20(30)17(29)11-15/h3-4,7,10-12,19,22-26,35-37H,5-6,8-9,13H2,1-2H3/t19-,22+,23+,24-,25-,26+/m1/s1. The molecule has 2 aliphatic rings. The second-order valence-electron chi connectivity index (χ2n) is 10.7. The van der Waals surface area contributed by atoms with Gasteiger partial charge in [0, 0.05) is 18.9 Å². The van der Waals surface area contributed by atoms with Crippen molar-refractivity contribution in [3.05, 3.63) is 65.4 Å². The fourth-order valence-electron chi connectivity index (χ4n) is 5.49. The first kappa shape index (κ1) is 31.8.